The van der Waals surface area contributed by atoms with Crippen molar-refractivity contribution in [2.24, 2.45) is 11.5 Å². The van der Waals surface area contributed by atoms with Crippen LogP contribution in [0.4, 0.5) is 0 Å². The Balaban J connectivity index is 0. The van der Waals surface area contributed by atoms with Crippen LogP contribution in [-0.2, 0) is 9.59 Å². The summed E-state index contributed by atoms with van der Waals surface area (Å²) >= 11 is 1.34. The van der Waals surface area contributed by atoms with Gasteiger partial charge in [-0.2, -0.15) is 11.8 Å². The van der Waals surface area contributed by atoms with Gasteiger partial charge < -0.3 is 21.9 Å². The van der Waals surface area contributed by atoms with Crippen LogP contribution < -0.4 is 16.8 Å². The number of nitrogens with two attached hydrogens (primary N) is 2. The van der Waals surface area contributed by atoms with E-state index in [2.05, 4.69) is 5.32 Å². The van der Waals surface area contributed by atoms with Gasteiger partial charge in [-0.25, -0.2) is 4.79 Å². The summed E-state index contributed by atoms with van der Waals surface area (Å²) in [6.45, 7) is 0.300. The minimum atomic E-state index is -1.06. The molecule has 8 heteroatoms. The number of carbonyl (C=O) groups excluding carboxylic acids is 1. The smallest absolute Gasteiger partial charge is 0.327 e. The number of thioether (sulfide) groups is 1. The number of halogens is 1. The zero-order chi connectivity index (χ0) is 11.8. The molecule has 0 heterocycles. The van der Waals surface area contributed by atoms with Crippen LogP contribution in [0.3, 0.4) is 0 Å². The molecule has 0 aromatic carbocycles. The van der Waals surface area contributed by atoms with Gasteiger partial charge in [0.2, 0.25) is 5.91 Å². The van der Waals surface area contributed by atoms with E-state index in [9.17, 15) is 9.59 Å². The molecule has 6 N–H and O–H groups in total. The highest BCUT2D eigenvalue weighted by Gasteiger charge is 2.22. The van der Waals surface area contributed by atoms with Crippen molar-refractivity contribution < 1.29 is 14.7 Å². The molecule has 1 amide bonds. The molecule has 6 nitrogen and oxygen atoms in total. The summed E-state index contributed by atoms with van der Waals surface area (Å²) in [4.78, 5) is 22.1. The number of aliphatic carboxylic acids is 1. The number of nitrogens with one attached hydrogen (secondary N) is 1. The minimum absolute atomic E-state index is 0. The first kappa shape index (κ1) is 17.9. The van der Waals surface area contributed by atoms with Gasteiger partial charge in [-0.3, -0.25) is 4.79 Å². The Morgan fingerprint density at radius 2 is 2.06 bits per heavy atom. The van der Waals surface area contributed by atoms with Crippen molar-refractivity contribution in [3.63, 3.8) is 0 Å². The third-order valence-electron chi connectivity index (χ3n) is 1.76. The van der Waals surface area contributed by atoms with Crippen LogP contribution in [0.25, 0.3) is 0 Å². The lowest BCUT2D eigenvalue weighted by molar-refractivity contribution is -0.141. The Kier molecular flexibility index (Phi) is 10.8. The zero-order valence-electron chi connectivity index (χ0n) is 9.01. The van der Waals surface area contributed by atoms with Crippen LogP contribution in [0.15, 0.2) is 0 Å². The van der Waals surface area contributed by atoms with Gasteiger partial charge in [0, 0.05) is 5.75 Å². The molecule has 0 spiro atoms. The largest absolute Gasteiger partial charge is 0.480 e. The van der Waals surface area contributed by atoms with E-state index in [-0.39, 0.29) is 12.4 Å². The van der Waals surface area contributed by atoms with Crippen LogP contribution in [0.2, 0.25) is 0 Å². The van der Waals surface area contributed by atoms with Crippen molar-refractivity contribution in [1.29, 1.82) is 0 Å². The summed E-state index contributed by atoms with van der Waals surface area (Å²) in [5.74, 6) is -1.21. The first-order valence-electron chi connectivity index (χ1n) is 4.50. The molecular weight excluding hydrogens is 254 g/mol. The highest BCUT2D eigenvalue weighted by molar-refractivity contribution is 7.98. The molecule has 2 atom stereocenters. The third-order valence-corrected chi connectivity index (χ3v) is 2.43. The van der Waals surface area contributed by atoms with Crippen molar-refractivity contribution in [1.82, 2.24) is 5.32 Å². The van der Waals surface area contributed by atoms with Gasteiger partial charge in [-0.05, 0) is 19.2 Å². The summed E-state index contributed by atoms with van der Waals surface area (Å²) in [5, 5.41) is 11.1. The van der Waals surface area contributed by atoms with Gasteiger partial charge in [-0.15, -0.1) is 12.4 Å². The van der Waals surface area contributed by atoms with Crippen molar-refractivity contribution >= 4 is 36.0 Å². The molecule has 0 unspecified atom stereocenters. The molecule has 0 radical (unpaired) electrons. The van der Waals surface area contributed by atoms with E-state index in [4.69, 9.17) is 16.6 Å². The Bertz CT molecular complexity index is 231. The number of carbonyl (C=O) groups is 2. The Labute approximate surface area is 105 Å². The molecule has 0 bridgehead atoms. The maximum Gasteiger partial charge on any atom is 0.327 e. The fourth-order valence-corrected chi connectivity index (χ4v) is 1.49. The predicted molar refractivity (Wildman–Crippen MR) is 66.8 cm³/mol. The molecule has 96 valence electrons. The Morgan fingerprint density at radius 3 is 2.44 bits per heavy atom. The first-order chi connectivity index (χ1) is 7.02. The fraction of sp³-hybridized carbons (Fsp3) is 0.750. The van der Waals surface area contributed by atoms with E-state index in [1.54, 1.807) is 6.26 Å². The summed E-state index contributed by atoms with van der Waals surface area (Å²) in [6, 6.07) is -1.63. The van der Waals surface area contributed by atoms with E-state index >= 15 is 0 Å². The van der Waals surface area contributed by atoms with Crippen LogP contribution in [0.1, 0.15) is 6.42 Å². The zero-order valence-corrected chi connectivity index (χ0v) is 10.6. The Morgan fingerprint density at radius 1 is 1.50 bits per heavy atom. The number of hydrogen-bond acceptors (Lipinski definition) is 5. The quantitative estimate of drug-likeness (QED) is 0.472. The van der Waals surface area contributed by atoms with Gasteiger partial charge in [0.1, 0.15) is 6.04 Å². The monoisotopic (exact) mass is 271 g/mol. The fourth-order valence-electron chi connectivity index (χ4n) is 0.931. The second-order valence-corrected chi connectivity index (χ2v) is 3.95. The van der Waals surface area contributed by atoms with E-state index in [1.807, 2.05) is 0 Å². The van der Waals surface area contributed by atoms with Crippen LogP contribution in [0, 0.1) is 0 Å². The van der Waals surface area contributed by atoms with E-state index in [0.717, 1.165) is 0 Å². The normalized spacial score (nSPS) is 13.4. The van der Waals surface area contributed by atoms with Gasteiger partial charge in [-0.1, -0.05) is 0 Å². The van der Waals surface area contributed by atoms with Gasteiger partial charge in [0.25, 0.3) is 0 Å². The van der Waals surface area contributed by atoms with Crippen molar-refractivity contribution in [2.75, 3.05) is 18.6 Å². The highest BCUT2D eigenvalue weighted by Crippen LogP contribution is 1.98. The average Bonchev–Trinajstić information content (AvgIpc) is 2.17. The summed E-state index contributed by atoms with van der Waals surface area (Å²) in [6.07, 6.45) is 2.11. The topological polar surface area (TPSA) is 118 Å². The molecule has 0 aliphatic carbocycles. The lowest BCUT2D eigenvalue weighted by Crippen LogP contribution is -2.50. The average molecular weight is 272 g/mol. The molecule has 16 heavy (non-hydrogen) atoms. The highest BCUT2D eigenvalue weighted by atomic mass is 35.5. The van der Waals surface area contributed by atoms with E-state index in [0.29, 0.717) is 18.7 Å². The summed E-state index contributed by atoms with van der Waals surface area (Å²) in [5.41, 5.74) is 10.7. The molecule has 0 aliphatic heterocycles. The molecule has 0 aliphatic rings. The second-order valence-electron chi connectivity index (χ2n) is 3.04. The van der Waals surface area contributed by atoms with E-state index in [1.165, 1.54) is 11.8 Å². The van der Waals surface area contributed by atoms with Crippen molar-refractivity contribution in [3.8, 4) is 0 Å². The Hall–Kier alpha value is -0.500. The lowest BCUT2D eigenvalue weighted by atomic mass is 10.2. The molecule has 0 saturated carbocycles. The van der Waals surface area contributed by atoms with Gasteiger partial charge in [0.05, 0.1) is 6.04 Å². The number of amides is 1. The van der Waals surface area contributed by atoms with Crippen molar-refractivity contribution in [2.45, 2.75) is 18.5 Å². The summed E-state index contributed by atoms with van der Waals surface area (Å²) < 4.78 is 0. The third kappa shape index (κ3) is 6.89. The number of hydrogen-bond donors (Lipinski definition) is 4. The van der Waals surface area contributed by atoms with Gasteiger partial charge >= 0.3 is 5.97 Å². The van der Waals surface area contributed by atoms with Crippen molar-refractivity contribution in [3.05, 3.63) is 0 Å². The molecule has 0 rings (SSSR count). The first-order valence-corrected chi connectivity index (χ1v) is 5.90. The molecular formula is C8H18ClN3O3S. The molecule has 0 fully saturated rings. The lowest BCUT2D eigenvalue weighted by Gasteiger charge is -2.16. The predicted octanol–water partition coefficient (Wildman–Crippen LogP) is -0.983. The van der Waals surface area contributed by atoms with Gasteiger partial charge in [0.15, 0.2) is 0 Å². The van der Waals surface area contributed by atoms with Crippen LogP contribution >= 0.6 is 24.2 Å². The van der Waals surface area contributed by atoms with Crippen LogP contribution in [-0.4, -0.2) is 47.6 Å². The number of carboxylic acids is 1. The number of carboxylic acid groups (broad SMARTS) is 1. The van der Waals surface area contributed by atoms with E-state index < -0.39 is 24.0 Å². The summed E-state index contributed by atoms with van der Waals surface area (Å²) in [7, 11) is 0. The maximum atomic E-state index is 11.4. The van der Waals surface area contributed by atoms with Crippen LogP contribution in [0.5, 0.6) is 0 Å². The molecule has 0 aromatic rings. The molecule has 0 saturated heterocycles. The molecule has 0 aromatic heterocycles. The minimum Gasteiger partial charge on any atom is -0.480 e. The maximum absolute atomic E-state index is 11.4. The SMILES string of the molecule is CSC[C@H](NC(=O)[C@@H](N)CCN)C(=O)O.Cl. The standard InChI is InChI=1S/C8H17N3O3S.ClH/c1-15-4-6(8(13)14)11-7(12)5(10)2-3-9;/h5-6H,2-4,9-10H2,1H3,(H,11,12)(H,13,14);1H/t5-,6-;/m0./s1. The number of rotatable bonds is 7. The second kappa shape index (κ2) is 9.71.